The van der Waals surface area contributed by atoms with E-state index < -0.39 is 0 Å². The second-order valence-corrected chi connectivity index (χ2v) is 8.15. The smallest absolute Gasteiger partial charge is 0.233 e. The van der Waals surface area contributed by atoms with Gasteiger partial charge in [0.2, 0.25) is 11.8 Å². The summed E-state index contributed by atoms with van der Waals surface area (Å²) >= 11 is 7.92. The summed E-state index contributed by atoms with van der Waals surface area (Å²) in [6.07, 6.45) is 2.01. The molecule has 1 aromatic rings. The molecule has 1 heterocycles. The average Bonchev–Trinajstić information content (AvgIpc) is 3.33. The van der Waals surface area contributed by atoms with Crippen LogP contribution in [0.5, 0.6) is 0 Å². The lowest BCUT2D eigenvalue weighted by Crippen LogP contribution is -2.44. The molecule has 130 valence electrons. The number of rotatable bonds is 6. The second kappa shape index (κ2) is 7.36. The molecule has 1 aliphatic heterocycles. The number of nitrogens with zero attached hydrogens (tertiary/aromatic N) is 2. The molecule has 24 heavy (non-hydrogen) atoms. The van der Waals surface area contributed by atoms with E-state index in [9.17, 15) is 9.59 Å². The van der Waals surface area contributed by atoms with Crippen LogP contribution in [0.2, 0.25) is 5.02 Å². The third-order valence-electron chi connectivity index (χ3n) is 4.55. The second-order valence-electron chi connectivity index (χ2n) is 6.67. The molecule has 0 spiro atoms. The number of carbonyl (C=O) groups excluding carboxylic acids is 2. The zero-order valence-corrected chi connectivity index (χ0v) is 15.6. The van der Waals surface area contributed by atoms with Crippen LogP contribution >= 0.6 is 23.4 Å². The Bertz CT molecular complexity index is 633. The normalized spacial score (nSPS) is 20.8. The molecule has 2 fully saturated rings. The van der Waals surface area contributed by atoms with E-state index >= 15 is 0 Å². The van der Waals surface area contributed by atoms with Crippen molar-refractivity contribution < 1.29 is 9.59 Å². The predicted molar refractivity (Wildman–Crippen MR) is 97.9 cm³/mol. The van der Waals surface area contributed by atoms with Crippen LogP contribution in [0.4, 0.5) is 0 Å². The van der Waals surface area contributed by atoms with Gasteiger partial charge in [-0.15, -0.1) is 11.8 Å². The maximum atomic E-state index is 12.4. The topological polar surface area (TPSA) is 40.6 Å². The molecule has 6 heteroatoms. The lowest BCUT2D eigenvalue weighted by Gasteiger charge is -2.31. The molecule has 0 N–H and O–H groups in total. The number of hydrogen-bond donors (Lipinski definition) is 0. The van der Waals surface area contributed by atoms with Crippen LogP contribution in [0.3, 0.4) is 0 Å². The van der Waals surface area contributed by atoms with Gasteiger partial charge >= 0.3 is 0 Å². The van der Waals surface area contributed by atoms with Gasteiger partial charge in [-0.3, -0.25) is 9.59 Å². The molecule has 0 aromatic heterocycles. The fourth-order valence-corrected chi connectivity index (χ4v) is 4.59. The molecule has 4 nitrogen and oxygen atoms in total. The van der Waals surface area contributed by atoms with Crippen LogP contribution in [-0.2, 0) is 9.59 Å². The van der Waals surface area contributed by atoms with Crippen LogP contribution in [0.25, 0.3) is 0 Å². The fourth-order valence-electron chi connectivity index (χ4n) is 3.03. The summed E-state index contributed by atoms with van der Waals surface area (Å²) in [5.74, 6) is 1.02. The van der Waals surface area contributed by atoms with Crippen molar-refractivity contribution in [3.63, 3.8) is 0 Å². The first-order valence-electron chi connectivity index (χ1n) is 8.45. The average molecular weight is 367 g/mol. The summed E-state index contributed by atoms with van der Waals surface area (Å²) < 4.78 is 0. The predicted octanol–water partition coefficient (Wildman–Crippen LogP) is 3.56. The van der Waals surface area contributed by atoms with Gasteiger partial charge in [0.1, 0.15) is 5.37 Å². The van der Waals surface area contributed by atoms with Gasteiger partial charge in [0, 0.05) is 35.6 Å². The van der Waals surface area contributed by atoms with E-state index in [2.05, 4.69) is 0 Å². The standard InChI is InChI=1S/C18H23ClN2O2S/c1-12(2)20(17(23)13-7-8-13)9-10-21-16(22)11-24-18(21)14-5-3-4-6-15(14)19/h3-6,12-13,18H,7-11H2,1-2H3/t18-/m1/s1. The Labute approximate surface area is 152 Å². The number of amides is 2. The quantitative estimate of drug-likeness (QED) is 0.772. The molecular weight excluding hydrogens is 344 g/mol. The van der Waals surface area contributed by atoms with Crippen molar-refractivity contribution in [1.29, 1.82) is 0 Å². The Morgan fingerprint density at radius 3 is 2.71 bits per heavy atom. The molecule has 1 saturated carbocycles. The van der Waals surface area contributed by atoms with Crippen molar-refractivity contribution in [3.05, 3.63) is 34.9 Å². The van der Waals surface area contributed by atoms with Crippen LogP contribution in [0, 0.1) is 5.92 Å². The first-order valence-corrected chi connectivity index (χ1v) is 9.87. The van der Waals surface area contributed by atoms with E-state index in [0.29, 0.717) is 23.9 Å². The van der Waals surface area contributed by atoms with Gasteiger partial charge in [0.25, 0.3) is 0 Å². The Balaban J connectivity index is 1.70. The van der Waals surface area contributed by atoms with Gasteiger partial charge in [0.05, 0.1) is 5.75 Å². The lowest BCUT2D eigenvalue weighted by atomic mass is 10.2. The maximum absolute atomic E-state index is 12.4. The highest BCUT2D eigenvalue weighted by molar-refractivity contribution is 8.00. The summed E-state index contributed by atoms with van der Waals surface area (Å²) in [7, 11) is 0. The van der Waals surface area contributed by atoms with Gasteiger partial charge < -0.3 is 9.80 Å². The highest BCUT2D eigenvalue weighted by Gasteiger charge is 2.37. The lowest BCUT2D eigenvalue weighted by molar-refractivity contribution is -0.136. The largest absolute Gasteiger partial charge is 0.338 e. The molecule has 1 atom stereocenters. The number of hydrogen-bond acceptors (Lipinski definition) is 3. The van der Waals surface area contributed by atoms with Gasteiger partial charge in [-0.2, -0.15) is 0 Å². The molecule has 1 aliphatic carbocycles. The molecule has 2 aliphatic rings. The van der Waals surface area contributed by atoms with Gasteiger partial charge in [-0.1, -0.05) is 29.8 Å². The molecule has 1 saturated heterocycles. The number of thioether (sulfide) groups is 1. The van der Waals surface area contributed by atoms with Gasteiger partial charge in [-0.05, 0) is 32.8 Å². The van der Waals surface area contributed by atoms with Gasteiger partial charge in [0.15, 0.2) is 0 Å². The highest BCUT2D eigenvalue weighted by Crippen LogP contribution is 2.41. The Kier molecular flexibility index (Phi) is 5.40. The van der Waals surface area contributed by atoms with Crippen molar-refractivity contribution in [3.8, 4) is 0 Å². The van der Waals surface area contributed by atoms with E-state index in [1.807, 2.05) is 47.9 Å². The van der Waals surface area contributed by atoms with Crippen LogP contribution in [0.15, 0.2) is 24.3 Å². The summed E-state index contributed by atoms with van der Waals surface area (Å²) in [6.45, 7) is 5.21. The van der Waals surface area contributed by atoms with Crippen molar-refractivity contribution in [2.75, 3.05) is 18.8 Å². The molecule has 1 aromatic carbocycles. The molecule has 0 bridgehead atoms. The third-order valence-corrected chi connectivity index (χ3v) is 6.14. The first-order chi connectivity index (χ1) is 11.5. The summed E-state index contributed by atoms with van der Waals surface area (Å²) in [6, 6.07) is 7.82. The minimum atomic E-state index is -0.0590. The van der Waals surface area contributed by atoms with Crippen LogP contribution in [0.1, 0.15) is 37.6 Å². The molecule has 2 amide bonds. The summed E-state index contributed by atoms with van der Waals surface area (Å²) in [4.78, 5) is 28.5. The Morgan fingerprint density at radius 2 is 2.08 bits per heavy atom. The molecule has 0 radical (unpaired) electrons. The van der Waals surface area contributed by atoms with E-state index in [1.165, 1.54) is 0 Å². The molecule has 3 rings (SSSR count). The Hall–Kier alpha value is -1.20. The number of halogens is 1. The zero-order valence-electron chi connectivity index (χ0n) is 14.1. The van der Waals surface area contributed by atoms with E-state index in [1.54, 1.807) is 11.8 Å². The first kappa shape index (κ1) is 17.6. The van der Waals surface area contributed by atoms with E-state index in [0.717, 1.165) is 18.4 Å². The Morgan fingerprint density at radius 1 is 1.38 bits per heavy atom. The minimum absolute atomic E-state index is 0.0590. The third kappa shape index (κ3) is 3.72. The molecule has 0 unspecified atom stereocenters. The van der Waals surface area contributed by atoms with Crippen molar-refractivity contribution in [2.24, 2.45) is 5.92 Å². The summed E-state index contributed by atoms with van der Waals surface area (Å²) in [5.41, 5.74) is 0.972. The maximum Gasteiger partial charge on any atom is 0.233 e. The van der Waals surface area contributed by atoms with Crippen molar-refractivity contribution in [1.82, 2.24) is 9.80 Å². The van der Waals surface area contributed by atoms with Crippen LogP contribution < -0.4 is 0 Å². The van der Waals surface area contributed by atoms with E-state index in [-0.39, 0.29) is 29.1 Å². The van der Waals surface area contributed by atoms with Gasteiger partial charge in [-0.25, -0.2) is 0 Å². The SMILES string of the molecule is CC(C)N(CCN1C(=O)CS[C@@H]1c1ccccc1Cl)C(=O)C1CC1. The number of carbonyl (C=O) groups is 2. The summed E-state index contributed by atoms with van der Waals surface area (Å²) in [5, 5.41) is 0.626. The minimum Gasteiger partial charge on any atom is -0.338 e. The monoisotopic (exact) mass is 366 g/mol. The fraction of sp³-hybridized carbons (Fsp3) is 0.556. The molecular formula is C18H23ClN2O2S. The van der Waals surface area contributed by atoms with E-state index in [4.69, 9.17) is 11.6 Å². The van der Waals surface area contributed by atoms with Crippen LogP contribution in [-0.4, -0.2) is 46.5 Å². The zero-order chi connectivity index (χ0) is 17.3. The highest BCUT2D eigenvalue weighted by atomic mass is 35.5. The van der Waals surface area contributed by atoms with Crippen molar-refractivity contribution >= 4 is 35.2 Å². The number of benzene rings is 1. The van der Waals surface area contributed by atoms with Crippen molar-refractivity contribution in [2.45, 2.75) is 38.1 Å².